The van der Waals surface area contributed by atoms with E-state index in [1.165, 1.54) is 10.4 Å². The minimum absolute atomic E-state index is 0.0260. The minimum Gasteiger partial charge on any atom is -0.454 e. The first kappa shape index (κ1) is 20.5. The number of halogens is 1. The number of thiophene rings is 1. The molecule has 0 atom stereocenters. The van der Waals surface area contributed by atoms with E-state index < -0.39 is 10.0 Å². The van der Waals surface area contributed by atoms with E-state index in [0.29, 0.717) is 43.2 Å². The molecule has 1 saturated heterocycles. The first-order valence-corrected chi connectivity index (χ1v) is 12.0. The van der Waals surface area contributed by atoms with Crippen LogP contribution in [-0.2, 0) is 21.2 Å². The number of carbonyl (C=O) groups excluding carboxylic acids is 1. The van der Waals surface area contributed by atoms with Crippen molar-refractivity contribution in [1.29, 1.82) is 0 Å². The molecule has 3 heterocycles. The van der Waals surface area contributed by atoms with Gasteiger partial charge in [0.1, 0.15) is 4.21 Å². The summed E-state index contributed by atoms with van der Waals surface area (Å²) in [5.41, 5.74) is 1.06. The zero-order valence-electron chi connectivity index (χ0n) is 15.6. The second kappa shape index (κ2) is 8.51. The van der Waals surface area contributed by atoms with E-state index in [1.54, 1.807) is 6.07 Å². The van der Waals surface area contributed by atoms with Crippen LogP contribution in [-0.4, -0.2) is 45.1 Å². The lowest BCUT2D eigenvalue weighted by Crippen LogP contribution is -2.43. The number of amides is 1. The fourth-order valence-corrected chi connectivity index (χ4v) is 6.60. The van der Waals surface area contributed by atoms with Gasteiger partial charge in [-0.2, -0.15) is 4.31 Å². The predicted octanol–water partition coefficient (Wildman–Crippen LogP) is 2.89. The minimum atomic E-state index is -3.53. The first-order valence-electron chi connectivity index (χ1n) is 9.35. The smallest absolute Gasteiger partial charge is 0.252 e. The first-order chi connectivity index (χ1) is 13.9. The highest BCUT2D eigenvalue weighted by molar-refractivity contribution is 7.91. The van der Waals surface area contributed by atoms with Crippen molar-refractivity contribution in [3.8, 4) is 11.5 Å². The standard InChI is InChI=1S/C19H21ClN2O5S2/c20-17-3-4-18(28-17)29(24,25)22-9-6-14(7-10-22)19(23)21-8-5-13-1-2-15-16(11-13)27-12-26-15/h1-4,11,14H,5-10,12H2,(H,21,23). The Morgan fingerprint density at radius 2 is 1.93 bits per heavy atom. The number of piperidine rings is 1. The molecule has 2 aliphatic heterocycles. The van der Waals surface area contributed by atoms with Crippen molar-refractivity contribution >= 4 is 38.9 Å². The normalized spacial score (nSPS) is 17.4. The Labute approximate surface area is 178 Å². The van der Waals surface area contributed by atoms with Crippen LogP contribution in [0.3, 0.4) is 0 Å². The molecule has 1 aromatic heterocycles. The zero-order chi connectivity index (χ0) is 20.4. The van der Waals surface area contributed by atoms with E-state index in [-0.39, 0.29) is 22.8 Å². The van der Waals surface area contributed by atoms with Crippen molar-refractivity contribution in [3.63, 3.8) is 0 Å². The summed E-state index contributed by atoms with van der Waals surface area (Å²) in [6, 6.07) is 8.86. The highest BCUT2D eigenvalue weighted by Gasteiger charge is 2.32. The molecule has 0 saturated carbocycles. The third-order valence-electron chi connectivity index (χ3n) is 5.12. The Bertz CT molecular complexity index is 1000. The molecule has 7 nitrogen and oxygen atoms in total. The van der Waals surface area contributed by atoms with Gasteiger partial charge in [-0.05, 0) is 49.1 Å². The summed E-state index contributed by atoms with van der Waals surface area (Å²) in [6.45, 7) is 1.42. The molecule has 10 heteroatoms. The second-order valence-corrected chi connectivity index (χ2v) is 10.8. The molecule has 0 unspecified atom stereocenters. The van der Waals surface area contributed by atoms with Crippen LogP contribution >= 0.6 is 22.9 Å². The van der Waals surface area contributed by atoms with Crippen molar-refractivity contribution in [2.75, 3.05) is 26.4 Å². The van der Waals surface area contributed by atoms with Gasteiger partial charge in [-0.15, -0.1) is 11.3 Å². The maximum absolute atomic E-state index is 12.6. The molecular weight excluding hydrogens is 436 g/mol. The predicted molar refractivity (Wildman–Crippen MR) is 110 cm³/mol. The van der Waals surface area contributed by atoms with Crippen molar-refractivity contribution < 1.29 is 22.7 Å². The van der Waals surface area contributed by atoms with Crippen molar-refractivity contribution in [3.05, 3.63) is 40.2 Å². The zero-order valence-corrected chi connectivity index (χ0v) is 18.0. The summed E-state index contributed by atoms with van der Waals surface area (Å²) in [5.74, 6) is 1.27. The Balaban J connectivity index is 1.25. The van der Waals surface area contributed by atoms with Gasteiger partial charge < -0.3 is 14.8 Å². The second-order valence-electron chi connectivity index (χ2n) is 6.97. The van der Waals surface area contributed by atoms with Crippen LogP contribution in [0.1, 0.15) is 18.4 Å². The number of hydrogen-bond donors (Lipinski definition) is 1. The monoisotopic (exact) mass is 456 g/mol. The van der Waals surface area contributed by atoms with Crippen LogP contribution in [0, 0.1) is 5.92 Å². The van der Waals surface area contributed by atoms with E-state index >= 15 is 0 Å². The number of benzene rings is 1. The number of sulfonamides is 1. The van der Waals surface area contributed by atoms with Crippen LogP contribution in [0.2, 0.25) is 4.34 Å². The van der Waals surface area contributed by atoms with Gasteiger partial charge in [-0.1, -0.05) is 17.7 Å². The molecule has 0 spiro atoms. The number of ether oxygens (including phenoxy) is 2. The van der Waals surface area contributed by atoms with Gasteiger partial charge in [-0.25, -0.2) is 8.42 Å². The fraction of sp³-hybridized carbons (Fsp3) is 0.421. The van der Waals surface area contributed by atoms with Crippen LogP contribution in [0.4, 0.5) is 0 Å². The van der Waals surface area contributed by atoms with Crippen LogP contribution in [0.15, 0.2) is 34.5 Å². The lowest BCUT2D eigenvalue weighted by Gasteiger charge is -2.30. The van der Waals surface area contributed by atoms with E-state index in [0.717, 1.165) is 28.4 Å². The largest absolute Gasteiger partial charge is 0.454 e. The Morgan fingerprint density at radius 1 is 1.17 bits per heavy atom. The third-order valence-corrected chi connectivity index (χ3v) is 8.71. The molecule has 2 aliphatic rings. The molecule has 156 valence electrons. The lowest BCUT2D eigenvalue weighted by molar-refractivity contribution is -0.126. The van der Waals surface area contributed by atoms with E-state index in [1.807, 2.05) is 18.2 Å². The molecule has 0 bridgehead atoms. The van der Waals surface area contributed by atoms with Crippen LogP contribution in [0.25, 0.3) is 0 Å². The summed E-state index contributed by atoms with van der Waals surface area (Å²) >= 11 is 6.91. The highest BCUT2D eigenvalue weighted by atomic mass is 35.5. The molecule has 0 radical (unpaired) electrons. The summed E-state index contributed by atoms with van der Waals surface area (Å²) in [6.07, 6.45) is 1.71. The van der Waals surface area contributed by atoms with Gasteiger partial charge in [0.2, 0.25) is 12.7 Å². The molecule has 1 N–H and O–H groups in total. The van der Waals surface area contributed by atoms with Gasteiger partial charge >= 0.3 is 0 Å². The topological polar surface area (TPSA) is 84.9 Å². The SMILES string of the molecule is O=C(NCCc1ccc2c(c1)OCO2)C1CCN(S(=O)(=O)c2ccc(Cl)s2)CC1. The average molecular weight is 457 g/mol. The number of rotatable bonds is 6. The fourth-order valence-electron chi connectivity index (χ4n) is 3.49. The molecule has 1 amide bonds. The highest BCUT2D eigenvalue weighted by Crippen LogP contribution is 2.33. The quantitative estimate of drug-likeness (QED) is 0.722. The Hall–Kier alpha value is -1.81. The molecule has 0 aliphatic carbocycles. The average Bonchev–Trinajstić information content (AvgIpc) is 3.36. The molecule has 2 aromatic rings. The summed E-state index contributed by atoms with van der Waals surface area (Å²) in [4.78, 5) is 12.5. The molecular formula is C19H21ClN2O5S2. The number of nitrogens with zero attached hydrogens (tertiary/aromatic N) is 1. The number of carbonyl (C=O) groups is 1. The van der Waals surface area contributed by atoms with E-state index in [9.17, 15) is 13.2 Å². The number of hydrogen-bond acceptors (Lipinski definition) is 6. The lowest BCUT2D eigenvalue weighted by atomic mass is 9.97. The van der Waals surface area contributed by atoms with Gasteiger partial charge in [-0.3, -0.25) is 4.79 Å². The van der Waals surface area contributed by atoms with E-state index in [2.05, 4.69) is 5.32 Å². The summed E-state index contributed by atoms with van der Waals surface area (Å²) in [5, 5.41) is 2.96. The van der Waals surface area contributed by atoms with Crippen LogP contribution < -0.4 is 14.8 Å². The van der Waals surface area contributed by atoms with Gasteiger partial charge in [0.05, 0.1) is 4.34 Å². The summed E-state index contributed by atoms with van der Waals surface area (Å²) in [7, 11) is -3.53. The van der Waals surface area contributed by atoms with Gasteiger partial charge in [0.15, 0.2) is 11.5 Å². The van der Waals surface area contributed by atoms with Crippen molar-refractivity contribution in [1.82, 2.24) is 9.62 Å². The Kier molecular flexibility index (Phi) is 6.00. The molecule has 4 rings (SSSR count). The Morgan fingerprint density at radius 3 is 2.66 bits per heavy atom. The molecule has 1 fully saturated rings. The third kappa shape index (κ3) is 4.53. The van der Waals surface area contributed by atoms with Crippen molar-refractivity contribution in [2.45, 2.75) is 23.5 Å². The van der Waals surface area contributed by atoms with E-state index in [4.69, 9.17) is 21.1 Å². The van der Waals surface area contributed by atoms with Crippen molar-refractivity contribution in [2.24, 2.45) is 5.92 Å². The van der Waals surface area contributed by atoms with Gasteiger partial charge in [0, 0.05) is 25.6 Å². The number of nitrogens with one attached hydrogen (secondary N) is 1. The maximum atomic E-state index is 12.6. The summed E-state index contributed by atoms with van der Waals surface area (Å²) < 4.78 is 38.1. The number of fused-ring (bicyclic) bond motifs is 1. The molecule has 1 aromatic carbocycles. The van der Waals surface area contributed by atoms with Crippen LogP contribution in [0.5, 0.6) is 11.5 Å². The maximum Gasteiger partial charge on any atom is 0.252 e. The van der Waals surface area contributed by atoms with Gasteiger partial charge in [0.25, 0.3) is 10.0 Å². The molecule has 29 heavy (non-hydrogen) atoms.